The first-order chi connectivity index (χ1) is 4.52. The van der Waals surface area contributed by atoms with Crippen molar-refractivity contribution in [2.24, 2.45) is 17.3 Å². The molecule has 0 aromatic heterocycles. The van der Waals surface area contributed by atoms with Gasteiger partial charge in [-0.2, -0.15) is 0 Å². The van der Waals surface area contributed by atoms with Crippen LogP contribution in [-0.4, -0.2) is 0 Å². The zero-order valence-electron chi connectivity index (χ0n) is 7.78. The molecule has 0 spiro atoms. The first-order valence-electron chi connectivity index (χ1n) is 4.52. The van der Waals surface area contributed by atoms with Crippen LogP contribution in [0.5, 0.6) is 0 Å². The lowest BCUT2D eigenvalue weighted by molar-refractivity contribution is 0.468. The van der Waals surface area contributed by atoms with Crippen LogP contribution in [0.25, 0.3) is 0 Å². The number of rotatable bonds is 3. The standard InChI is InChI=1S/C10H20/c1-8(2)5-6-9-7-10(9,3)4/h8-9H,5-7H2,1-4H3. The van der Waals surface area contributed by atoms with E-state index in [0.29, 0.717) is 5.41 Å². The van der Waals surface area contributed by atoms with Crippen LogP contribution in [0, 0.1) is 17.3 Å². The highest BCUT2D eigenvalue weighted by atomic mass is 14.5. The molecule has 60 valence electrons. The maximum absolute atomic E-state index is 2.39. The summed E-state index contributed by atoms with van der Waals surface area (Å²) in [6.45, 7) is 9.40. The van der Waals surface area contributed by atoms with Gasteiger partial charge in [0, 0.05) is 0 Å². The average molecular weight is 140 g/mol. The van der Waals surface area contributed by atoms with Gasteiger partial charge < -0.3 is 0 Å². The Morgan fingerprint density at radius 3 is 2.20 bits per heavy atom. The third-order valence-electron chi connectivity index (χ3n) is 2.81. The number of hydrogen-bond acceptors (Lipinski definition) is 0. The SMILES string of the molecule is CC(C)CCC1CC1(C)C. The van der Waals surface area contributed by atoms with Gasteiger partial charge in [-0.3, -0.25) is 0 Å². The summed E-state index contributed by atoms with van der Waals surface area (Å²) in [4.78, 5) is 0. The Hall–Kier alpha value is 0. The summed E-state index contributed by atoms with van der Waals surface area (Å²) >= 11 is 0. The van der Waals surface area contributed by atoms with E-state index in [1.54, 1.807) is 0 Å². The Bertz CT molecular complexity index is 111. The molecule has 1 rings (SSSR count). The molecule has 0 aromatic rings. The van der Waals surface area contributed by atoms with Gasteiger partial charge in [0.25, 0.3) is 0 Å². The van der Waals surface area contributed by atoms with Crippen LogP contribution in [0.2, 0.25) is 0 Å². The van der Waals surface area contributed by atoms with Gasteiger partial charge in [0.15, 0.2) is 0 Å². The van der Waals surface area contributed by atoms with Gasteiger partial charge in [0.05, 0.1) is 0 Å². The molecule has 0 saturated heterocycles. The fraction of sp³-hybridized carbons (Fsp3) is 1.00. The molecule has 0 heteroatoms. The summed E-state index contributed by atoms with van der Waals surface area (Å²) in [5, 5.41) is 0. The van der Waals surface area contributed by atoms with Crippen LogP contribution in [0.4, 0.5) is 0 Å². The van der Waals surface area contributed by atoms with Crippen molar-refractivity contribution in [1.82, 2.24) is 0 Å². The van der Waals surface area contributed by atoms with Crippen molar-refractivity contribution in [2.75, 3.05) is 0 Å². The molecule has 0 aromatic carbocycles. The Morgan fingerprint density at radius 1 is 1.40 bits per heavy atom. The molecule has 0 nitrogen and oxygen atoms in total. The summed E-state index contributed by atoms with van der Waals surface area (Å²) < 4.78 is 0. The van der Waals surface area contributed by atoms with Crippen LogP contribution in [-0.2, 0) is 0 Å². The van der Waals surface area contributed by atoms with E-state index >= 15 is 0 Å². The third kappa shape index (κ3) is 2.00. The van der Waals surface area contributed by atoms with E-state index in [9.17, 15) is 0 Å². The first kappa shape index (κ1) is 8.10. The van der Waals surface area contributed by atoms with Crippen molar-refractivity contribution >= 4 is 0 Å². The Morgan fingerprint density at radius 2 is 1.90 bits per heavy atom. The van der Waals surface area contributed by atoms with Gasteiger partial charge >= 0.3 is 0 Å². The van der Waals surface area contributed by atoms with Gasteiger partial charge in [0.1, 0.15) is 0 Å². The summed E-state index contributed by atoms with van der Waals surface area (Å²) in [5.41, 5.74) is 0.703. The predicted molar refractivity (Wildman–Crippen MR) is 46.0 cm³/mol. The average Bonchev–Trinajstić information content (AvgIpc) is 2.35. The molecule has 1 atom stereocenters. The lowest BCUT2D eigenvalue weighted by Crippen LogP contribution is -1.93. The molecule has 1 fully saturated rings. The topological polar surface area (TPSA) is 0 Å². The Balaban J connectivity index is 2.07. The van der Waals surface area contributed by atoms with Crippen molar-refractivity contribution in [1.29, 1.82) is 0 Å². The molecule has 0 bridgehead atoms. The van der Waals surface area contributed by atoms with E-state index < -0.39 is 0 Å². The molecule has 0 aliphatic heterocycles. The van der Waals surface area contributed by atoms with Gasteiger partial charge in [0.2, 0.25) is 0 Å². The summed E-state index contributed by atoms with van der Waals surface area (Å²) in [6.07, 6.45) is 4.36. The van der Waals surface area contributed by atoms with Crippen molar-refractivity contribution in [2.45, 2.75) is 47.0 Å². The highest BCUT2D eigenvalue weighted by Gasteiger charge is 2.44. The highest BCUT2D eigenvalue weighted by Crippen LogP contribution is 2.54. The van der Waals surface area contributed by atoms with E-state index in [1.165, 1.54) is 19.3 Å². The molecule has 0 N–H and O–H groups in total. The second kappa shape index (κ2) is 2.56. The lowest BCUT2D eigenvalue weighted by atomic mass is 10.0. The lowest BCUT2D eigenvalue weighted by Gasteiger charge is -2.05. The second-order valence-electron chi connectivity index (χ2n) is 4.86. The van der Waals surface area contributed by atoms with Crippen LogP contribution in [0.15, 0.2) is 0 Å². The van der Waals surface area contributed by atoms with Gasteiger partial charge in [-0.15, -0.1) is 0 Å². The monoisotopic (exact) mass is 140 g/mol. The van der Waals surface area contributed by atoms with Gasteiger partial charge in [-0.05, 0) is 30.1 Å². The van der Waals surface area contributed by atoms with Crippen molar-refractivity contribution < 1.29 is 0 Å². The first-order valence-corrected chi connectivity index (χ1v) is 4.52. The van der Waals surface area contributed by atoms with E-state index in [1.807, 2.05) is 0 Å². The molecule has 1 saturated carbocycles. The van der Waals surface area contributed by atoms with E-state index in [4.69, 9.17) is 0 Å². The smallest absolute Gasteiger partial charge is 0.0323 e. The Labute approximate surface area is 65.0 Å². The quantitative estimate of drug-likeness (QED) is 0.563. The van der Waals surface area contributed by atoms with Gasteiger partial charge in [-0.25, -0.2) is 0 Å². The minimum absolute atomic E-state index is 0.703. The highest BCUT2D eigenvalue weighted by molar-refractivity contribution is 4.94. The van der Waals surface area contributed by atoms with Crippen LogP contribution in [0.1, 0.15) is 47.0 Å². The van der Waals surface area contributed by atoms with Crippen LogP contribution in [0.3, 0.4) is 0 Å². The largest absolute Gasteiger partial charge is 0.0628 e. The molecule has 1 aliphatic rings. The van der Waals surface area contributed by atoms with E-state index in [0.717, 1.165) is 11.8 Å². The third-order valence-corrected chi connectivity index (χ3v) is 2.81. The molecule has 10 heavy (non-hydrogen) atoms. The molecule has 1 unspecified atom stereocenters. The van der Waals surface area contributed by atoms with Gasteiger partial charge in [-0.1, -0.05) is 34.1 Å². The molecular weight excluding hydrogens is 120 g/mol. The maximum atomic E-state index is 2.39. The molecule has 0 heterocycles. The van der Waals surface area contributed by atoms with Crippen LogP contribution < -0.4 is 0 Å². The van der Waals surface area contributed by atoms with E-state index in [-0.39, 0.29) is 0 Å². The minimum atomic E-state index is 0.703. The molecule has 0 radical (unpaired) electrons. The number of hydrogen-bond donors (Lipinski definition) is 0. The zero-order valence-corrected chi connectivity index (χ0v) is 7.78. The minimum Gasteiger partial charge on any atom is -0.0628 e. The van der Waals surface area contributed by atoms with E-state index in [2.05, 4.69) is 27.7 Å². The van der Waals surface area contributed by atoms with Crippen LogP contribution >= 0.6 is 0 Å². The normalized spacial score (nSPS) is 29.1. The fourth-order valence-corrected chi connectivity index (χ4v) is 1.60. The van der Waals surface area contributed by atoms with Crippen molar-refractivity contribution in [3.8, 4) is 0 Å². The molecular formula is C10H20. The summed E-state index contributed by atoms with van der Waals surface area (Å²) in [5.74, 6) is 1.95. The summed E-state index contributed by atoms with van der Waals surface area (Å²) in [6, 6.07) is 0. The molecule has 1 aliphatic carbocycles. The molecule has 0 amide bonds. The fourth-order valence-electron chi connectivity index (χ4n) is 1.60. The predicted octanol–water partition coefficient (Wildman–Crippen LogP) is 3.47. The Kier molecular flexibility index (Phi) is 2.07. The summed E-state index contributed by atoms with van der Waals surface area (Å²) in [7, 11) is 0. The van der Waals surface area contributed by atoms with Crippen molar-refractivity contribution in [3.05, 3.63) is 0 Å². The zero-order chi connectivity index (χ0) is 7.78. The second-order valence-corrected chi connectivity index (χ2v) is 4.86. The maximum Gasteiger partial charge on any atom is -0.0323 e. The van der Waals surface area contributed by atoms with Crippen molar-refractivity contribution in [3.63, 3.8) is 0 Å².